The van der Waals surface area contributed by atoms with Crippen molar-refractivity contribution in [3.05, 3.63) is 0 Å². The fourth-order valence-electron chi connectivity index (χ4n) is 7.95. The Morgan fingerprint density at radius 3 is 2.42 bits per heavy atom. The number of likely N-dealkylation sites (tertiary alicyclic amines) is 1. The van der Waals surface area contributed by atoms with Crippen molar-refractivity contribution in [2.75, 3.05) is 18.8 Å². The minimum absolute atomic E-state index is 0.00946. The van der Waals surface area contributed by atoms with Crippen molar-refractivity contribution in [1.82, 2.24) is 15.5 Å². The van der Waals surface area contributed by atoms with Crippen molar-refractivity contribution < 1.29 is 9.59 Å². The Morgan fingerprint density at radius 1 is 0.944 bits per heavy atom. The van der Waals surface area contributed by atoms with E-state index < -0.39 is 0 Å². The van der Waals surface area contributed by atoms with Gasteiger partial charge in [-0.05, 0) is 88.4 Å². The minimum Gasteiger partial charge on any atom is -0.387 e. The van der Waals surface area contributed by atoms with Crippen molar-refractivity contribution in [1.29, 1.82) is 5.41 Å². The molecule has 7 atom stereocenters. The van der Waals surface area contributed by atoms with Gasteiger partial charge < -0.3 is 22.1 Å². The number of nitrogens with two attached hydrogens (primary N) is 2. The summed E-state index contributed by atoms with van der Waals surface area (Å²) in [6.07, 6.45) is 12.2. The van der Waals surface area contributed by atoms with E-state index in [2.05, 4.69) is 15.5 Å². The average Bonchev–Trinajstić information content (AvgIpc) is 3.53. The van der Waals surface area contributed by atoms with E-state index in [-0.39, 0.29) is 35.7 Å². The molecule has 9 heteroatoms. The van der Waals surface area contributed by atoms with Crippen molar-refractivity contribution >= 4 is 29.4 Å². The number of amides is 2. The van der Waals surface area contributed by atoms with Crippen LogP contribution in [-0.2, 0) is 9.59 Å². The Hall–Kier alpha value is -1.32. The van der Waals surface area contributed by atoms with E-state index in [0.717, 1.165) is 77.3 Å². The second-order valence-electron chi connectivity index (χ2n) is 12.2. The first-order valence-corrected chi connectivity index (χ1v) is 15.5. The number of carbonyl (C=O) groups is 2. The largest absolute Gasteiger partial charge is 0.387 e. The second-order valence-corrected chi connectivity index (χ2v) is 13.5. The molecule has 202 valence electrons. The number of hydrogen-bond acceptors (Lipinski definition) is 6. The van der Waals surface area contributed by atoms with Crippen LogP contribution in [0.2, 0.25) is 0 Å². The predicted octanol–water partition coefficient (Wildman–Crippen LogP) is 2.41. The molecule has 36 heavy (non-hydrogen) atoms. The van der Waals surface area contributed by atoms with Crippen molar-refractivity contribution in [3.8, 4) is 0 Å². The number of nitrogens with one attached hydrogen (secondary N) is 3. The summed E-state index contributed by atoms with van der Waals surface area (Å²) >= 11 is 2.04. The van der Waals surface area contributed by atoms with E-state index in [1.54, 1.807) is 0 Å². The van der Waals surface area contributed by atoms with Gasteiger partial charge in [0, 0.05) is 42.8 Å². The standard InChI is InChI=1S/C27H46N6O2S/c28-24(29)19-9-8-18-13-23(26(35)32-21-3-1-2-20(12-21)27-31-10-11-36-27)33(22(18)14-19)15-16-4-6-17(7-5-16)25(30)34/h16-23,27,31H,1-15H2,(H3,28,29)(H2,30,34)(H,32,35). The third-order valence-electron chi connectivity index (χ3n) is 10.0. The maximum Gasteiger partial charge on any atom is 0.237 e. The molecule has 5 rings (SSSR count). The molecule has 0 aromatic heterocycles. The summed E-state index contributed by atoms with van der Waals surface area (Å²) in [5, 5.41) is 15.7. The van der Waals surface area contributed by atoms with Gasteiger partial charge in [0.2, 0.25) is 11.8 Å². The summed E-state index contributed by atoms with van der Waals surface area (Å²) in [6, 6.07) is 0.522. The van der Waals surface area contributed by atoms with Crippen LogP contribution < -0.4 is 22.1 Å². The molecule has 7 N–H and O–H groups in total. The lowest BCUT2D eigenvalue weighted by Gasteiger charge is -2.40. The summed E-state index contributed by atoms with van der Waals surface area (Å²) in [4.78, 5) is 27.9. The van der Waals surface area contributed by atoms with Gasteiger partial charge in [0.25, 0.3) is 0 Å². The molecule has 5 fully saturated rings. The highest BCUT2D eigenvalue weighted by molar-refractivity contribution is 8.00. The molecular weight excluding hydrogens is 472 g/mol. The molecule has 0 radical (unpaired) electrons. The van der Waals surface area contributed by atoms with Gasteiger partial charge in [-0.15, -0.1) is 11.8 Å². The third kappa shape index (κ3) is 5.88. The Bertz CT molecular complexity index is 812. The van der Waals surface area contributed by atoms with E-state index in [9.17, 15) is 9.59 Å². The first-order chi connectivity index (χ1) is 17.4. The van der Waals surface area contributed by atoms with E-state index in [0.29, 0.717) is 35.0 Å². The Labute approximate surface area is 220 Å². The van der Waals surface area contributed by atoms with Crippen molar-refractivity contribution in [2.45, 2.75) is 101 Å². The summed E-state index contributed by atoms with van der Waals surface area (Å²) in [7, 11) is 0. The average molecular weight is 519 g/mol. The summed E-state index contributed by atoms with van der Waals surface area (Å²) in [5.74, 6) is 3.35. The van der Waals surface area contributed by atoms with Gasteiger partial charge in [-0.25, -0.2) is 0 Å². The zero-order valence-corrected chi connectivity index (χ0v) is 22.4. The highest BCUT2D eigenvalue weighted by Gasteiger charge is 2.48. The molecule has 0 bridgehead atoms. The van der Waals surface area contributed by atoms with Gasteiger partial charge >= 0.3 is 0 Å². The van der Waals surface area contributed by atoms with E-state index >= 15 is 0 Å². The first kappa shape index (κ1) is 26.3. The van der Waals surface area contributed by atoms with Gasteiger partial charge in [0.15, 0.2) is 0 Å². The SMILES string of the molecule is N=C(N)C1CCC2CC(C(=O)NC3CCCC(C4NCCS4)C3)N(CC3CCC(C(N)=O)CC3)C2C1. The number of nitrogens with zero attached hydrogens (tertiary/aromatic N) is 1. The number of thioether (sulfide) groups is 1. The zero-order chi connectivity index (χ0) is 25.2. The normalized spacial score (nSPS) is 41.5. The topological polar surface area (TPSA) is 137 Å². The molecule has 0 aromatic carbocycles. The highest BCUT2D eigenvalue weighted by Crippen LogP contribution is 2.43. The molecule has 3 aliphatic carbocycles. The maximum atomic E-state index is 13.8. The Kier molecular flexibility index (Phi) is 8.47. The van der Waals surface area contributed by atoms with Crippen molar-refractivity contribution in [3.63, 3.8) is 0 Å². The summed E-state index contributed by atoms with van der Waals surface area (Å²) in [5.41, 5.74) is 11.5. The molecule has 0 spiro atoms. The molecule has 2 heterocycles. The number of fused-ring (bicyclic) bond motifs is 1. The maximum absolute atomic E-state index is 13.8. The lowest BCUT2D eigenvalue weighted by atomic mass is 9.77. The molecule has 3 saturated carbocycles. The number of amidine groups is 1. The fourth-order valence-corrected chi connectivity index (χ4v) is 9.20. The molecule has 2 amide bonds. The lowest BCUT2D eigenvalue weighted by Crippen LogP contribution is -2.52. The minimum atomic E-state index is -0.166. The van der Waals surface area contributed by atoms with Crippen LogP contribution in [0.15, 0.2) is 0 Å². The molecular formula is C27H46N6O2S. The quantitative estimate of drug-likeness (QED) is 0.259. The van der Waals surface area contributed by atoms with E-state index in [1.807, 2.05) is 11.8 Å². The fraction of sp³-hybridized carbons (Fsp3) is 0.889. The molecule has 0 aromatic rings. The van der Waals surface area contributed by atoms with Crippen LogP contribution in [0.4, 0.5) is 0 Å². The zero-order valence-electron chi connectivity index (χ0n) is 21.6. The monoisotopic (exact) mass is 518 g/mol. The number of rotatable bonds is 7. The van der Waals surface area contributed by atoms with Crippen molar-refractivity contribution in [2.24, 2.45) is 41.1 Å². The van der Waals surface area contributed by atoms with Crippen LogP contribution in [0.1, 0.15) is 77.0 Å². The van der Waals surface area contributed by atoms with Crippen LogP contribution in [0.5, 0.6) is 0 Å². The first-order valence-electron chi connectivity index (χ1n) is 14.4. The summed E-state index contributed by atoms with van der Waals surface area (Å²) in [6.45, 7) is 2.01. The number of hydrogen-bond donors (Lipinski definition) is 5. The smallest absolute Gasteiger partial charge is 0.237 e. The Morgan fingerprint density at radius 2 is 1.72 bits per heavy atom. The van der Waals surface area contributed by atoms with Gasteiger partial charge in [-0.3, -0.25) is 19.9 Å². The molecule has 8 nitrogen and oxygen atoms in total. The number of carbonyl (C=O) groups excluding carboxylic acids is 2. The predicted molar refractivity (Wildman–Crippen MR) is 144 cm³/mol. The Balaban J connectivity index is 1.24. The van der Waals surface area contributed by atoms with Crippen LogP contribution in [0.25, 0.3) is 0 Å². The molecule has 7 unspecified atom stereocenters. The van der Waals surface area contributed by atoms with Gasteiger partial charge in [0.1, 0.15) is 0 Å². The second kappa shape index (κ2) is 11.6. The highest BCUT2D eigenvalue weighted by atomic mass is 32.2. The van der Waals surface area contributed by atoms with E-state index in [1.165, 1.54) is 18.6 Å². The lowest BCUT2D eigenvalue weighted by molar-refractivity contribution is -0.127. The molecule has 5 aliphatic rings. The number of primary amides is 1. The molecule has 2 saturated heterocycles. The summed E-state index contributed by atoms with van der Waals surface area (Å²) < 4.78 is 0. The van der Waals surface area contributed by atoms with E-state index in [4.69, 9.17) is 16.9 Å². The molecule has 2 aliphatic heterocycles. The van der Waals surface area contributed by atoms with Crippen LogP contribution in [0.3, 0.4) is 0 Å². The van der Waals surface area contributed by atoms with Gasteiger partial charge in [0.05, 0.1) is 17.3 Å². The van der Waals surface area contributed by atoms with Gasteiger partial charge in [-0.2, -0.15) is 0 Å². The van der Waals surface area contributed by atoms with Gasteiger partial charge in [-0.1, -0.05) is 6.42 Å². The van der Waals surface area contributed by atoms with Crippen LogP contribution in [0, 0.1) is 35.0 Å². The van der Waals surface area contributed by atoms with Crippen LogP contribution in [-0.4, -0.2) is 64.9 Å². The third-order valence-corrected chi connectivity index (χ3v) is 11.4. The van der Waals surface area contributed by atoms with Crippen LogP contribution >= 0.6 is 11.8 Å².